The van der Waals surface area contributed by atoms with Crippen LogP contribution in [0.1, 0.15) is 13.3 Å². The van der Waals surface area contributed by atoms with Gasteiger partial charge in [0.1, 0.15) is 5.75 Å². The van der Waals surface area contributed by atoms with Gasteiger partial charge in [-0.25, -0.2) is 4.79 Å². The van der Waals surface area contributed by atoms with E-state index >= 15 is 0 Å². The Balaban J connectivity index is 1.73. The first-order valence-corrected chi connectivity index (χ1v) is 9.54. The Labute approximate surface area is 174 Å². The van der Waals surface area contributed by atoms with Crippen molar-refractivity contribution in [1.29, 1.82) is 0 Å². The molecule has 0 aliphatic carbocycles. The summed E-state index contributed by atoms with van der Waals surface area (Å²) in [5.41, 5.74) is 1.93. The zero-order chi connectivity index (χ0) is 21.1. The minimum atomic E-state index is -0.723. The van der Waals surface area contributed by atoms with E-state index in [1.54, 1.807) is 12.1 Å². The van der Waals surface area contributed by atoms with E-state index < -0.39 is 25.1 Å². The van der Waals surface area contributed by atoms with Gasteiger partial charge in [0, 0.05) is 6.54 Å². The maximum atomic E-state index is 11.8. The minimum Gasteiger partial charge on any atom is -0.480 e. The quantitative estimate of drug-likeness (QED) is 0.578. The number of benzene rings is 2. The van der Waals surface area contributed by atoms with Crippen LogP contribution in [-0.4, -0.2) is 44.1 Å². The van der Waals surface area contributed by atoms with E-state index in [2.05, 4.69) is 10.6 Å². The summed E-state index contributed by atoms with van der Waals surface area (Å²) in [5, 5.41) is 5.33. The minimum absolute atomic E-state index is 0.170. The number of hydrogen-bond acceptors (Lipinski definition) is 5. The number of amides is 2. The number of hydrogen-bond donors (Lipinski definition) is 2. The average Bonchev–Trinajstić information content (AvgIpc) is 2.74. The molecule has 0 radical (unpaired) electrons. The summed E-state index contributed by atoms with van der Waals surface area (Å²) in [6.45, 7) is 1.40. The summed E-state index contributed by atoms with van der Waals surface area (Å²) in [6.07, 6.45) is 0.802. The Morgan fingerprint density at radius 3 is 2.38 bits per heavy atom. The average molecular weight is 419 g/mol. The molecule has 0 saturated heterocycles. The number of rotatable bonds is 10. The summed E-state index contributed by atoms with van der Waals surface area (Å²) in [7, 11) is 0. The summed E-state index contributed by atoms with van der Waals surface area (Å²) in [4.78, 5) is 34.7. The molecule has 7 nitrogen and oxygen atoms in total. The molecule has 2 amide bonds. The standard InChI is InChI=1S/C21H23ClN2O5/c1-2-10-23-19(25)12-24-20(26)13-29-21(27)14-28-18-9-8-16(11-17(18)22)15-6-4-3-5-7-15/h3-9,11H,2,10,12-14H2,1H3,(H,23,25)(H,24,26). The molecule has 29 heavy (non-hydrogen) atoms. The normalized spacial score (nSPS) is 10.1. The van der Waals surface area contributed by atoms with Crippen molar-refractivity contribution in [3.8, 4) is 16.9 Å². The van der Waals surface area contributed by atoms with Gasteiger partial charge in [-0.05, 0) is 29.7 Å². The second-order valence-corrected chi connectivity index (χ2v) is 6.49. The zero-order valence-electron chi connectivity index (χ0n) is 16.1. The van der Waals surface area contributed by atoms with Crippen molar-refractivity contribution < 1.29 is 23.9 Å². The van der Waals surface area contributed by atoms with E-state index in [1.165, 1.54) is 0 Å². The van der Waals surface area contributed by atoms with Gasteiger partial charge in [-0.15, -0.1) is 0 Å². The first-order valence-electron chi connectivity index (χ1n) is 9.16. The van der Waals surface area contributed by atoms with Crippen molar-refractivity contribution in [2.24, 2.45) is 0 Å². The van der Waals surface area contributed by atoms with Crippen LogP contribution in [0.2, 0.25) is 5.02 Å². The van der Waals surface area contributed by atoms with Gasteiger partial charge >= 0.3 is 5.97 Å². The van der Waals surface area contributed by atoms with Crippen LogP contribution in [0.5, 0.6) is 5.75 Å². The van der Waals surface area contributed by atoms with Gasteiger partial charge in [-0.3, -0.25) is 9.59 Å². The number of halogens is 1. The number of ether oxygens (including phenoxy) is 2. The second kappa shape index (κ2) is 11.7. The lowest BCUT2D eigenvalue weighted by Gasteiger charge is -2.10. The van der Waals surface area contributed by atoms with Gasteiger partial charge in [0.25, 0.3) is 5.91 Å². The fraction of sp³-hybridized carbons (Fsp3) is 0.286. The molecule has 2 rings (SSSR count). The lowest BCUT2D eigenvalue weighted by molar-refractivity contribution is -0.150. The highest BCUT2D eigenvalue weighted by atomic mass is 35.5. The third-order valence-corrected chi connectivity index (χ3v) is 4.06. The molecule has 154 valence electrons. The third kappa shape index (κ3) is 7.83. The lowest BCUT2D eigenvalue weighted by atomic mass is 10.1. The maximum absolute atomic E-state index is 11.8. The molecule has 0 atom stereocenters. The summed E-state index contributed by atoms with van der Waals surface area (Å²) in [6, 6.07) is 14.9. The van der Waals surface area contributed by atoms with Crippen LogP contribution in [0, 0.1) is 0 Å². The van der Waals surface area contributed by atoms with Crippen LogP contribution in [0.4, 0.5) is 0 Å². The molecular weight excluding hydrogens is 396 g/mol. The van der Waals surface area contributed by atoms with E-state index in [9.17, 15) is 14.4 Å². The molecule has 0 bridgehead atoms. The Morgan fingerprint density at radius 2 is 1.69 bits per heavy atom. The van der Waals surface area contributed by atoms with E-state index in [4.69, 9.17) is 21.1 Å². The summed E-state index contributed by atoms with van der Waals surface area (Å²) < 4.78 is 10.2. The molecule has 0 spiro atoms. The van der Waals surface area contributed by atoms with Crippen LogP contribution in [0.15, 0.2) is 48.5 Å². The molecule has 0 aliphatic heterocycles. The molecule has 0 aliphatic rings. The van der Waals surface area contributed by atoms with Crippen molar-refractivity contribution in [2.75, 3.05) is 26.3 Å². The highest BCUT2D eigenvalue weighted by molar-refractivity contribution is 6.32. The van der Waals surface area contributed by atoms with E-state index in [0.717, 1.165) is 17.5 Å². The molecule has 0 heterocycles. The van der Waals surface area contributed by atoms with Gasteiger partial charge in [-0.2, -0.15) is 0 Å². The zero-order valence-corrected chi connectivity index (χ0v) is 16.8. The molecule has 0 aromatic heterocycles. The molecule has 0 saturated carbocycles. The van der Waals surface area contributed by atoms with Crippen LogP contribution in [-0.2, 0) is 19.1 Å². The van der Waals surface area contributed by atoms with Crippen molar-refractivity contribution in [3.63, 3.8) is 0 Å². The highest BCUT2D eigenvalue weighted by Crippen LogP contribution is 2.30. The van der Waals surface area contributed by atoms with Gasteiger partial charge < -0.3 is 20.1 Å². The first kappa shape index (κ1) is 22.2. The first-order chi connectivity index (χ1) is 14.0. The Hall–Kier alpha value is -3.06. The molecule has 2 aromatic rings. The van der Waals surface area contributed by atoms with Crippen LogP contribution in [0.3, 0.4) is 0 Å². The monoisotopic (exact) mass is 418 g/mol. The fourth-order valence-electron chi connectivity index (χ4n) is 2.31. The van der Waals surface area contributed by atoms with Gasteiger partial charge in [0.2, 0.25) is 5.91 Å². The summed E-state index contributed by atoms with van der Waals surface area (Å²) in [5.74, 6) is -1.27. The number of nitrogens with one attached hydrogen (secondary N) is 2. The van der Waals surface area contributed by atoms with Gasteiger partial charge in [0.05, 0.1) is 11.6 Å². The molecule has 8 heteroatoms. The molecular formula is C21H23ClN2O5. The fourth-order valence-corrected chi connectivity index (χ4v) is 2.54. The van der Waals surface area contributed by atoms with E-state index in [-0.39, 0.29) is 12.5 Å². The largest absolute Gasteiger partial charge is 0.480 e. The smallest absolute Gasteiger partial charge is 0.344 e. The maximum Gasteiger partial charge on any atom is 0.344 e. The predicted octanol–water partition coefficient (Wildman–Crippen LogP) is 2.57. The SMILES string of the molecule is CCCNC(=O)CNC(=O)COC(=O)COc1ccc(-c2ccccc2)cc1Cl. The topological polar surface area (TPSA) is 93.7 Å². The lowest BCUT2D eigenvalue weighted by Crippen LogP contribution is -2.39. The number of esters is 1. The molecule has 2 aromatic carbocycles. The molecule has 2 N–H and O–H groups in total. The van der Waals surface area contributed by atoms with Crippen LogP contribution in [0.25, 0.3) is 11.1 Å². The number of carbonyl (C=O) groups excluding carboxylic acids is 3. The van der Waals surface area contributed by atoms with Crippen molar-refractivity contribution in [3.05, 3.63) is 53.6 Å². The Kier molecular flexibility index (Phi) is 8.98. The third-order valence-electron chi connectivity index (χ3n) is 3.77. The van der Waals surface area contributed by atoms with Crippen LogP contribution >= 0.6 is 11.6 Å². The van der Waals surface area contributed by atoms with Crippen molar-refractivity contribution in [1.82, 2.24) is 10.6 Å². The highest BCUT2D eigenvalue weighted by Gasteiger charge is 2.11. The van der Waals surface area contributed by atoms with Crippen LogP contribution < -0.4 is 15.4 Å². The van der Waals surface area contributed by atoms with Gasteiger partial charge in [0.15, 0.2) is 13.2 Å². The van der Waals surface area contributed by atoms with Crippen molar-refractivity contribution in [2.45, 2.75) is 13.3 Å². The Bertz CT molecular complexity index is 842. The molecule has 0 unspecified atom stereocenters. The van der Waals surface area contributed by atoms with E-state index in [1.807, 2.05) is 43.3 Å². The van der Waals surface area contributed by atoms with E-state index in [0.29, 0.717) is 17.3 Å². The molecule has 0 fully saturated rings. The van der Waals surface area contributed by atoms with Crippen molar-refractivity contribution >= 4 is 29.4 Å². The summed E-state index contributed by atoms with van der Waals surface area (Å²) >= 11 is 6.22. The predicted molar refractivity (Wildman–Crippen MR) is 110 cm³/mol. The Morgan fingerprint density at radius 1 is 0.931 bits per heavy atom. The number of carbonyl (C=O) groups is 3. The second-order valence-electron chi connectivity index (χ2n) is 6.09. The van der Waals surface area contributed by atoms with Gasteiger partial charge in [-0.1, -0.05) is 54.9 Å².